The molecule has 0 saturated heterocycles. The molecule has 5 saturated carbocycles. The normalized spacial score (nSPS) is 44.0. The average molecular weight is 424 g/mol. The molecule has 6 nitrogen and oxygen atoms in total. The molecule has 0 bridgehead atoms. The standard InChI is InChI=1S/C22H37N3O3S/c26-22(23-21-18-10-2-7-15(18)13-16-8-3-11-19(16)21)25-29(27,28)24-20-12-4-6-14-5-1-9-17(14)20/h14-21,24H,1-13H2,(H2,23,25,26). The van der Waals surface area contributed by atoms with Crippen LogP contribution in [-0.2, 0) is 10.2 Å². The minimum absolute atomic E-state index is 0.0188. The van der Waals surface area contributed by atoms with E-state index >= 15 is 0 Å². The molecular formula is C22H37N3O3S. The summed E-state index contributed by atoms with van der Waals surface area (Å²) >= 11 is 0. The van der Waals surface area contributed by atoms with Crippen LogP contribution in [0.5, 0.6) is 0 Å². The number of fused-ring (bicyclic) bond motifs is 3. The second kappa shape index (κ2) is 8.03. The van der Waals surface area contributed by atoms with Crippen molar-refractivity contribution in [3.05, 3.63) is 0 Å². The van der Waals surface area contributed by atoms with E-state index in [-0.39, 0.29) is 12.1 Å². The molecule has 7 atom stereocenters. The van der Waals surface area contributed by atoms with Gasteiger partial charge >= 0.3 is 16.2 Å². The third kappa shape index (κ3) is 4.06. The minimum atomic E-state index is -3.83. The summed E-state index contributed by atoms with van der Waals surface area (Å²) in [6.07, 6.45) is 15.4. The Balaban J connectivity index is 1.21. The van der Waals surface area contributed by atoms with Gasteiger partial charge in [0.15, 0.2) is 0 Å². The lowest BCUT2D eigenvalue weighted by molar-refractivity contribution is 0.106. The molecule has 2 amide bonds. The maximum absolute atomic E-state index is 12.7. The maximum atomic E-state index is 12.7. The number of hydrogen-bond acceptors (Lipinski definition) is 3. The second-order valence-corrected chi connectivity index (χ2v) is 12.0. The summed E-state index contributed by atoms with van der Waals surface area (Å²) in [4.78, 5) is 12.7. The zero-order chi connectivity index (χ0) is 20.0. The number of carbonyl (C=O) groups excluding carboxylic acids is 1. The summed E-state index contributed by atoms with van der Waals surface area (Å²) in [6, 6.07) is -0.401. The van der Waals surface area contributed by atoms with Crippen molar-refractivity contribution in [2.75, 3.05) is 0 Å². The Labute approximate surface area is 175 Å². The van der Waals surface area contributed by atoms with Gasteiger partial charge in [-0.3, -0.25) is 0 Å². The predicted octanol–water partition coefficient (Wildman–Crippen LogP) is 3.69. The van der Waals surface area contributed by atoms with Crippen molar-refractivity contribution in [2.45, 2.75) is 95.6 Å². The van der Waals surface area contributed by atoms with Crippen LogP contribution in [0.2, 0.25) is 0 Å². The van der Waals surface area contributed by atoms with Crippen LogP contribution in [-0.4, -0.2) is 26.5 Å². The fourth-order valence-corrected chi connectivity index (χ4v) is 9.08. The molecule has 5 aliphatic rings. The Bertz CT molecular complexity index is 707. The van der Waals surface area contributed by atoms with E-state index in [4.69, 9.17) is 0 Å². The Kier molecular flexibility index (Phi) is 5.56. The lowest BCUT2D eigenvalue weighted by Crippen LogP contribution is -2.56. The fourth-order valence-electron chi connectivity index (χ4n) is 8.03. The van der Waals surface area contributed by atoms with Crippen molar-refractivity contribution < 1.29 is 13.2 Å². The summed E-state index contributed by atoms with van der Waals surface area (Å²) in [5.41, 5.74) is 0. The van der Waals surface area contributed by atoms with Gasteiger partial charge in [-0.05, 0) is 67.6 Å². The van der Waals surface area contributed by atoms with Gasteiger partial charge in [-0.1, -0.05) is 51.4 Å². The zero-order valence-electron chi connectivity index (χ0n) is 17.4. The van der Waals surface area contributed by atoms with Crippen molar-refractivity contribution in [2.24, 2.45) is 35.5 Å². The third-order valence-electron chi connectivity index (χ3n) is 9.12. The number of hydrogen-bond donors (Lipinski definition) is 3. The number of urea groups is 1. The smallest absolute Gasteiger partial charge is 0.329 e. The van der Waals surface area contributed by atoms with E-state index < -0.39 is 16.2 Å². The SMILES string of the molecule is O=C(NC1C2CCCC2CC2CCCC21)NS(=O)(=O)NC1CCCC2CCCC21. The molecule has 0 aromatic rings. The predicted molar refractivity (Wildman–Crippen MR) is 112 cm³/mol. The molecule has 7 unspecified atom stereocenters. The van der Waals surface area contributed by atoms with E-state index in [0.29, 0.717) is 23.7 Å². The van der Waals surface area contributed by atoms with Crippen LogP contribution in [0.3, 0.4) is 0 Å². The van der Waals surface area contributed by atoms with E-state index in [1.807, 2.05) is 0 Å². The van der Waals surface area contributed by atoms with Crippen molar-refractivity contribution in [3.8, 4) is 0 Å². The molecule has 0 aliphatic heterocycles. The Morgan fingerprint density at radius 3 is 1.90 bits per heavy atom. The molecule has 0 aromatic heterocycles. The van der Waals surface area contributed by atoms with E-state index in [1.54, 1.807) is 0 Å². The van der Waals surface area contributed by atoms with Crippen LogP contribution in [0, 0.1) is 35.5 Å². The first-order valence-electron chi connectivity index (χ1n) is 12.1. The molecule has 0 heterocycles. The van der Waals surface area contributed by atoms with Crippen LogP contribution < -0.4 is 14.8 Å². The summed E-state index contributed by atoms with van der Waals surface area (Å²) in [5.74, 6) is 3.61. The highest BCUT2D eigenvalue weighted by molar-refractivity contribution is 7.88. The number of nitrogens with one attached hydrogen (secondary N) is 3. The van der Waals surface area contributed by atoms with E-state index in [0.717, 1.165) is 31.1 Å². The van der Waals surface area contributed by atoms with Crippen LogP contribution in [0.15, 0.2) is 0 Å². The monoisotopic (exact) mass is 423 g/mol. The quantitative estimate of drug-likeness (QED) is 0.644. The van der Waals surface area contributed by atoms with Gasteiger partial charge in [0.05, 0.1) is 0 Å². The summed E-state index contributed by atoms with van der Waals surface area (Å²) < 4.78 is 30.6. The zero-order valence-corrected chi connectivity index (χ0v) is 18.3. The van der Waals surface area contributed by atoms with Gasteiger partial charge in [0, 0.05) is 12.1 Å². The molecule has 5 rings (SSSR count). The first kappa shape index (κ1) is 20.1. The largest absolute Gasteiger partial charge is 0.334 e. The molecule has 7 heteroatoms. The summed E-state index contributed by atoms with van der Waals surface area (Å²) in [7, 11) is -3.83. The highest BCUT2D eigenvalue weighted by Crippen LogP contribution is 2.52. The van der Waals surface area contributed by atoms with Gasteiger partial charge in [0.1, 0.15) is 0 Å². The molecular weight excluding hydrogens is 386 g/mol. The third-order valence-corrected chi connectivity index (χ3v) is 10.2. The number of amides is 2. The van der Waals surface area contributed by atoms with Gasteiger partial charge in [0.2, 0.25) is 0 Å². The van der Waals surface area contributed by atoms with Gasteiger partial charge in [-0.15, -0.1) is 0 Å². The average Bonchev–Trinajstić information content (AvgIpc) is 3.40. The van der Waals surface area contributed by atoms with E-state index in [9.17, 15) is 13.2 Å². The highest BCUT2D eigenvalue weighted by Gasteiger charge is 2.48. The van der Waals surface area contributed by atoms with E-state index in [1.165, 1.54) is 64.2 Å². The van der Waals surface area contributed by atoms with Crippen molar-refractivity contribution in [1.82, 2.24) is 14.8 Å². The molecule has 0 aromatic carbocycles. The van der Waals surface area contributed by atoms with Crippen LogP contribution in [0.4, 0.5) is 4.79 Å². The molecule has 164 valence electrons. The molecule has 3 N–H and O–H groups in total. The molecule has 5 fully saturated rings. The second-order valence-electron chi connectivity index (χ2n) is 10.6. The molecule has 29 heavy (non-hydrogen) atoms. The first-order chi connectivity index (χ1) is 14.0. The van der Waals surface area contributed by atoms with Gasteiger partial charge in [-0.25, -0.2) is 9.52 Å². The highest BCUT2D eigenvalue weighted by atomic mass is 32.2. The molecule has 0 radical (unpaired) electrons. The molecule has 5 aliphatic carbocycles. The van der Waals surface area contributed by atoms with E-state index in [2.05, 4.69) is 14.8 Å². The van der Waals surface area contributed by atoms with Crippen LogP contribution in [0.25, 0.3) is 0 Å². The summed E-state index contributed by atoms with van der Waals surface area (Å²) in [6.45, 7) is 0. The lowest BCUT2D eigenvalue weighted by Gasteiger charge is -2.42. The lowest BCUT2D eigenvalue weighted by atomic mass is 9.67. The van der Waals surface area contributed by atoms with Crippen LogP contribution >= 0.6 is 0 Å². The Hall–Kier alpha value is -0.820. The topological polar surface area (TPSA) is 87.3 Å². The number of carbonyl (C=O) groups is 1. The Morgan fingerprint density at radius 1 is 0.690 bits per heavy atom. The number of rotatable bonds is 4. The Morgan fingerprint density at radius 2 is 1.24 bits per heavy atom. The first-order valence-corrected chi connectivity index (χ1v) is 13.6. The molecule has 0 spiro atoms. The van der Waals surface area contributed by atoms with Gasteiger partial charge in [-0.2, -0.15) is 13.1 Å². The van der Waals surface area contributed by atoms with Crippen LogP contribution in [0.1, 0.15) is 83.5 Å². The fraction of sp³-hybridized carbons (Fsp3) is 0.955. The van der Waals surface area contributed by atoms with Crippen molar-refractivity contribution in [3.63, 3.8) is 0 Å². The van der Waals surface area contributed by atoms with Crippen molar-refractivity contribution in [1.29, 1.82) is 0 Å². The van der Waals surface area contributed by atoms with Gasteiger partial charge < -0.3 is 5.32 Å². The van der Waals surface area contributed by atoms with Gasteiger partial charge in [0.25, 0.3) is 0 Å². The summed E-state index contributed by atoms with van der Waals surface area (Å²) in [5, 5.41) is 3.13. The minimum Gasteiger partial charge on any atom is -0.334 e. The maximum Gasteiger partial charge on any atom is 0.329 e. The van der Waals surface area contributed by atoms with Crippen molar-refractivity contribution >= 4 is 16.2 Å².